The molecule has 0 aromatic heterocycles. The van der Waals surface area contributed by atoms with E-state index in [-0.39, 0.29) is 11.8 Å². The normalized spacial score (nSPS) is 19.0. The molecule has 1 aromatic carbocycles. The molecule has 0 spiro atoms. The molecule has 2 heterocycles. The van der Waals surface area contributed by atoms with Crippen LogP contribution in [0.1, 0.15) is 48.5 Å². The molecule has 0 bridgehead atoms. The predicted octanol–water partition coefficient (Wildman–Crippen LogP) is 2.30. The average molecular weight is 401 g/mol. The van der Waals surface area contributed by atoms with Crippen LogP contribution in [0.5, 0.6) is 0 Å². The topological polar surface area (TPSA) is 47.1 Å². The molecule has 3 rings (SSSR count). The quantitative estimate of drug-likeness (QED) is 0.735. The Hall–Kier alpha value is -1.92. The summed E-state index contributed by atoms with van der Waals surface area (Å²) in [5.74, 6) is 0.263. The first-order valence-electron chi connectivity index (χ1n) is 11.1. The van der Waals surface area contributed by atoms with E-state index >= 15 is 0 Å². The summed E-state index contributed by atoms with van der Waals surface area (Å²) in [5, 5.41) is 0. The molecule has 0 aliphatic carbocycles. The Morgan fingerprint density at radius 3 is 2.24 bits per heavy atom. The number of benzene rings is 1. The van der Waals surface area contributed by atoms with E-state index < -0.39 is 0 Å². The van der Waals surface area contributed by atoms with Gasteiger partial charge in [0.25, 0.3) is 5.91 Å². The monoisotopic (exact) mass is 400 g/mol. The Balaban J connectivity index is 1.47. The number of hydrogen-bond donors (Lipinski definition) is 0. The van der Waals surface area contributed by atoms with Gasteiger partial charge < -0.3 is 14.7 Å². The fourth-order valence-corrected chi connectivity index (χ4v) is 4.25. The number of rotatable bonds is 6. The average Bonchev–Trinajstić information content (AvgIpc) is 2.98. The SMILES string of the molecule is CC(=O)N1CCCN(Cc2ccc(C(=O)N(C)CCN3CCCCC3)cc2)CC1. The maximum atomic E-state index is 12.7. The smallest absolute Gasteiger partial charge is 0.253 e. The van der Waals surface area contributed by atoms with Crippen LogP contribution in [-0.2, 0) is 11.3 Å². The first-order chi connectivity index (χ1) is 14.0. The van der Waals surface area contributed by atoms with Crippen LogP contribution in [0.3, 0.4) is 0 Å². The minimum Gasteiger partial charge on any atom is -0.342 e. The van der Waals surface area contributed by atoms with E-state index in [1.165, 1.54) is 24.8 Å². The van der Waals surface area contributed by atoms with E-state index in [2.05, 4.69) is 21.9 Å². The Morgan fingerprint density at radius 1 is 0.862 bits per heavy atom. The first-order valence-corrected chi connectivity index (χ1v) is 11.1. The van der Waals surface area contributed by atoms with Gasteiger partial charge in [0.1, 0.15) is 0 Å². The Kier molecular flexibility index (Phi) is 8.07. The van der Waals surface area contributed by atoms with Crippen LogP contribution >= 0.6 is 0 Å². The van der Waals surface area contributed by atoms with Crippen molar-refractivity contribution in [1.82, 2.24) is 19.6 Å². The summed E-state index contributed by atoms with van der Waals surface area (Å²) in [6.45, 7) is 10.1. The van der Waals surface area contributed by atoms with Crippen LogP contribution in [0.4, 0.5) is 0 Å². The van der Waals surface area contributed by atoms with Crippen molar-refractivity contribution in [3.63, 3.8) is 0 Å². The Morgan fingerprint density at radius 2 is 1.55 bits per heavy atom. The van der Waals surface area contributed by atoms with Gasteiger partial charge >= 0.3 is 0 Å². The fourth-order valence-electron chi connectivity index (χ4n) is 4.25. The van der Waals surface area contributed by atoms with Crippen LogP contribution in [0.25, 0.3) is 0 Å². The zero-order valence-corrected chi connectivity index (χ0v) is 18.1. The highest BCUT2D eigenvalue weighted by atomic mass is 16.2. The highest BCUT2D eigenvalue weighted by molar-refractivity contribution is 5.94. The van der Waals surface area contributed by atoms with Crippen LogP contribution < -0.4 is 0 Å². The van der Waals surface area contributed by atoms with Gasteiger partial charge in [-0.15, -0.1) is 0 Å². The van der Waals surface area contributed by atoms with E-state index in [0.29, 0.717) is 0 Å². The standard InChI is InChI=1S/C23H36N4O2/c1-20(28)27-14-6-13-26(17-18-27)19-21-7-9-22(10-8-21)23(29)24(2)15-16-25-11-4-3-5-12-25/h7-10H,3-6,11-19H2,1-2H3. The number of carbonyl (C=O) groups excluding carboxylic acids is 2. The highest BCUT2D eigenvalue weighted by Gasteiger charge is 2.18. The van der Waals surface area contributed by atoms with Crippen molar-refractivity contribution in [1.29, 1.82) is 0 Å². The van der Waals surface area contributed by atoms with Crippen LogP contribution in [0.15, 0.2) is 24.3 Å². The molecule has 2 amide bonds. The molecule has 2 saturated heterocycles. The molecular weight excluding hydrogens is 364 g/mol. The lowest BCUT2D eigenvalue weighted by Crippen LogP contribution is -2.38. The lowest BCUT2D eigenvalue weighted by atomic mass is 10.1. The van der Waals surface area contributed by atoms with E-state index in [0.717, 1.165) is 70.9 Å². The van der Waals surface area contributed by atoms with Crippen molar-refractivity contribution in [3.05, 3.63) is 35.4 Å². The molecule has 0 unspecified atom stereocenters. The molecule has 160 valence electrons. The third kappa shape index (κ3) is 6.54. The first kappa shape index (κ1) is 21.8. The van der Waals surface area contributed by atoms with Gasteiger partial charge in [-0.25, -0.2) is 0 Å². The van der Waals surface area contributed by atoms with Crippen molar-refractivity contribution in [2.24, 2.45) is 0 Å². The number of piperidine rings is 1. The van der Waals surface area contributed by atoms with E-state index in [9.17, 15) is 9.59 Å². The minimum atomic E-state index is 0.0976. The number of hydrogen-bond acceptors (Lipinski definition) is 4. The third-order valence-electron chi connectivity index (χ3n) is 6.19. The number of likely N-dealkylation sites (N-methyl/N-ethyl adjacent to an activating group) is 1. The Labute approximate surface area is 175 Å². The van der Waals surface area contributed by atoms with Crippen molar-refractivity contribution in [3.8, 4) is 0 Å². The van der Waals surface area contributed by atoms with Gasteiger partial charge in [0, 0.05) is 65.3 Å². The van der Waals surface area contributed by atoms with Crippen molar-refractivity contribution in [2.45, 2.75) is 39.2 Å². The zero-order chi connectivity index (χ0) is 20.6. The number of amides is 2. The molecule has 1 aromatic rings. The summed E-state index contributed by atoms with van der Waals surface area (Å²) < 4.78 is 0. The Bertz CT molecular complexity index is 670. The van der Waals surface area contributed by atoms with Crippen molar-refractivity contribution < 1.29 is 9.59 Å². The zero-order valence-electron chi connectivity index (χ0n) is 18.1. The van der Waals surface area contributed by atoms with Gasteiger partial charge in [-0.05, 0) is 50.0 Å². The van der Waals surface area contributed by atoms with Crippen LogP contribution in [0.2, 0.25) is 0 Å². The molecule has 2 fully saturated rings. The van der Waals surface area contributed by atoms with Gasteiger partial charge in [0.15, 0.2) is 0 Å². The van der Waals surface area contributed by atoms with Crippen molar-refractivity contribution in [2.75, 3.05) is 59.4 Å². The predicted molar refractivity (Wildman–Crippen MR) is 116 cm³/mol. The summed E-state index contributed by atoms with van der Waals surface area (Å²) in [7, 11) is 1.90. The lowest BCUT2D eigenvalue weighted by Gasteiger charge is -2.28. The summed E-state index contributed by atoms with van der Waals surface area (Å²) in [6, 6.07) is 8.04. The van der Waals surface area contributed by atoms with Crippen LogP contribution in [0, 0.1) is 0 Å². The molecule has 0 atom stereocenters. The highest BCUT2D eigenvalue weighted by Crippen LogP contribution is 2.13. The maximum absolute atomic E-state index is 12.7. The van der Waals surface area contributed by atoms with Gasteiger partial charge in [-0.1, -0.05) is 18.6 Å². The summed E-state index contributed by atoms with van der Waals surface area (Å²) in [4.78, 5) is 32.9. The van der Waals surface area contributed by atoms with E-state index in [1.807, 2.05) is 29.0 Å². The largest absolute Gasteiger partial charge is 0.342 e. The maximum Gasteiger partial charge on any atom is 0.253 e. The van der Waals surface area contributed by atoms with E-state index in [1.54, 1.807) is 6.92 Å². The molecule has 0 N–H and O–H groups in total. The van der Waals surface area contributed by atoms with Crippen molar-refractivity contribution >= 4 is 11.8 Å². The number of likely N-dealkylation sites (tertiary alicyclic amines) is 1. The van der Waals surface area contributed by atoms with E-state index in [4.69, 9.17) is 0 Å². The third-order valence-corrected chi connectivity index (χ3v) is 6.19. The lowest BCUT2D eigenvalue weighted by molar-refractivity contribution is -0.128. The van der Waals surface area contributed by atoms with Gasteiger partial charge in [0.2, 0.25) is 5.91 Å². The molecule has 6 nitrogen and oxygen atoms in total. The molecule has 29 heavy (non-hydrogen) atoms. The number of nitrogens with zero attached hydrogens (tertiary/aromatic N) is 4. The molecule has 6 heteroatoms. The second-order valence-corrected chi connectivity index (χ2v) is 8.46. The second kappa shape index (κ2) is 10.7. The molecule has 2 aliphatic heterocycles. The molecular formula is C23H36N4O2. The minimum absolute atomic E-state index is 0.0976. The second-order valence-electron chi connectivity index (χ2n) is 8.46. The summed E-state index contributed by atoms with van der Waals surface area (Å²) in [6.07, 6.45) is 4.91. The van der Waals surface area contributed by atoms with Gasteiger partial charge in [-0.3, -0.25) is 14.5 Å². The molecule has 0 saturated carbocycles. The van der Waals surface area contributed by atoms with Crippen LogP contribution in [-0.4, -0.2) is 90.8 Å². The summed E-state index contributed by atoms with van der Waals surface area (Å²) in [5.41, 5.74) is 1.97. The molecule has 0 radical (unpaired) electrons. The van der Waals surface area contributed by atoms with Gasteiger partial charge in [-0.2, -0.15) is 0 Å². The summed E-state index contributed by atoms with van der Waals surface area (Å²) >= 11 is 0. The molecule has 2 aliphatic rings. The number of carbonyl (C=O) groups is 2. The van der Waals surface area contributed by atoms with Gasteiger partial charge in [0.05, 0.1) is 0 Å². The fraction of sp³-hybridized carbons (Fsp3) is 0.652.